The molecule has 0 fully saturated rings. The van der Waals surface area contributed by atoms with Crippen LogP contribution in [-0.2, 0) is 7.05 Å². The van der Waals surface area contributed by atoms with E-state index in [9.17, 15) is 0 Å². The Balaban J connectivity index is 2.30. The summed E-state index contributed by atoms with van der Waals surface area (Å²) in [7, 11) is 2.00. The molecule has 0 aliphatic rings. The third kappa shape index (κ3) is 2.70. The van der Waals surface area contributed by atoms with Crippen LogP contribution in [0.4, 0.5) is 0 Å². The highest BCUT2D eigenvalue weighted by molar-refractivity contribution is 7.99. The van der Waals surface area contributed by atoms with Gasteiger partial charge in [0, 0.05) is 30.4 Å². The molecule has 3 nitrogen and oxygen atoms in total. The van der Waals surface area contributed by atoms with E-state index in [4.69, 9.17) is 5.73 Å². The van der Waals surface area contributed by atoms with Crippen LogP contribution in [0.2, 0.25) is 0 Å². The number of nitrogens with two attached hydrogens (primary N) is 1. The van der Waals surface area contributed by atoms with Gasteiger partial charge in [-0.2, -0.15) is 0 Å². The van der Waals surface area contributed by atoms with E-state index in [-0.39, 0.29) is 6.04 Å². The first-order chi connectivity index (χ1) is 8.22. The number of benzene rings is 1. The zero-order valence-corrected chi connectivity index (χ0v) is 10.9. The SMILES string of the molecule is CC[C@@H](N)c1ccccc1Sc1nccn1C. The lowest BCUT2D eigenvalue weighted by atomic mass is 10.1. The van der Waals surface area contributed by atoms with Gasteiger partial charge < -0.3 is 10.3 Å². The second-order valence-electron chi connectivity index (χ2n) is 3.98. The monoisotopic (exact) mass is 247 g/mol. The molecule has 1 heterocycles. The highest BCUT2D eigenvalue weighted by Gasteiger charge is 2.11. The Morgan fingerprint density at radius 2 is 2.18 bits per heavy atom. The lowest BCUT2D eigenvalue weighted by molar-refractivity contribution is 0.685. The molecule has 2 aromatic rings. The van der Waals surface area contributed by atoms with Crippen LogP contribution in [0.5, 0.6) is 0 Å². The number of hydrogen-bond donors (Lipinski definition) is 1. The average Bonchev–Trinajstić information content (AvgIpc) is 2.75. The first-order valence-electron chi connectivity index (χ1n) is 5.72. The highest BCUT2D eigenvalue weighted by Crippen LogP contribution is 2.32. The smallest absolute Gasteiger partial charge is 0.172 e. The number of nitrogens with zero attached hydrogens (tertiary/aromatic N) is 2. The van der Waals surface area contributed by atoms with Crippen LogP contribution in [0.15, 0.2) is 46.7 Å². The van der Waals surface area contributed by atoms with Crippen LogP contribution >= 0.6 is 11.8 Å². The number of rotatable bonds is 4. The van der Waals surface area contributed by atoms with Gasteiger partial charge in [0.05, 0.1) is 0 Å². The maximum absolute atomic E-state index is 6.12. The molecule has 0 aliphatic heterocycles. The van der Waals surface area contributed by atoms with Crippen molar-refractivity contribution < 1.29 is 0 Å². The molecule has 1 aromatic carbocycles. The predicted octanol–water partition coefficient (Wildman–Crippen LogP) is 2.98. The Morgan fingerprint density at radius 1 is 1.41 bits per heavy atom. The Hall–Kier alpha value is -1.26. The topological polar surface area (TPSA) is 43.8 Å². The minimum atomic E-state index is 0.0963. The molecular weight excluding hydrogens is 230 g/mol. The summed E-state index contributed by atoms with van der Waals surface area (Å²) in [6.45, 7) is 2.10. The van der Waals surface area contributed by atoms with Crippen molar-refractivity contribution in [2.45, 2.75) is 29.4 Å². The Kier molecular flexibility index (Phi) is 3.86. The summed E-state index contributed by atoms with van der Waals surface area (Å²) in [4.78, 5) is 5.51. The molecule has 0 bridgehead atoms. The molecule has 1 aromatic heterocycles. The zero-order valence-electron chi connectivity index (χ0n) is 10.1. The van der Waals surface area contributed by atoms with Crippen LogP contribution < -0.4 is 5.73 Å². The molecule has 2 N–H and O–H groups in total. The summed E-state index contributed by atoms with van der Waals surface area (Å²) >= 11 is 1.66. The quantitative estimate of drug-likeness (QED) is 0.903. The third-order valence-electron chi connectivity index (χ3n) is 2.74. The molecule has 0 saturated heterocycles. The Labute approximate surface area is 106 Å². The van der Waals surface area contributed by atoms with E-state index >= 15 is 0 Å². The van der Waals surface area contributed by atoms with Gasteiger partial charge in [0.25, 0.3) is 0 Å². The first kappa shape index (κ1) is 12.2. The van der Waals surface area contributed by atoms with Gasteiger partial charge in [-0.05, 0) is 18.1 Å². The van der Waals surface area contributed by atoms with E-state index in [0.29, 0.717) is 0 Å². The van der Waals surface area contributed by atoms with Crippen molar-refractivity contribution in [3.63, 3.8) is 0 Å². The fourth-order valence-electron chi connectivity index (χ4n) is 1.65. The summed E-state index contributed by atoms with van der Waals surface area (Å²) in [5.74, 6) is 0. The van der Waals surface area contributed by atoms with Crippen LogP contribution in [-0.4, -0.2) is 9.55 Å². The fraction of sp³-hybridized carbons (Fsp3) is 0.308. The summed E-state index contributed by atoms with van der Waals surface area (Å²) < 4.78 is 2.01. The van der Waals surface area contributed by atoms with Gasteiger partial charge in [0.15, 0.2) is 5.16 Å². The van der Waals surface area contributed by atoms with E-state index in [1.807, 2.05) is 36.1 Å². The minimum absolute atomic E-state index is 0.0963. The minimum Gasteiger partial charge on any atom is -0.329 e. The number of aryl methyl sites for hydroxylation is 1. The van der Waals surface area contributed by atoms with Crippen molar-refractivity contribution in [1.82, 2.24) is 9.55 Å². The molecular formula is C13H17N3S. The standard InChI is InChI=1S/C13H17N3S/c1-3-11(14)10-6-4-5-7-12(10)17-13-15-8-9-16(13)2/h4-9,11H,3,14H2,1-2H3/t11-/m1/s1. The highest BCUT2D eigenvalue weighted by atomic mass is 32.2. The molecule has 17 heavy (non-hydrogen) atoms. The van der Waals surface area contributed by atoms with Gasteiger partial charge in [-0.15, -0.1) is 0 Å². The second-order valence-corrected chi connectivity index (χ2v) is 4.98. The van der Waals surface area contributed by atoms with Gasteiger partial charge in [0.2, 0.25) is 0 Å². The molecule has 0 radical (unpaired) electrons. The van der Waals surface area contributed by atoms with Gasteiger partial charge >= 0.3 is 0 Å². The fourth-order valence-corrected chi connectivity index (χ4v) is 2.65. The van der Waals surface area contributed by atoms with Crippen LogP contribution in [0, 0.1) is 0 Å². The second kappa shape index (κ2) is 5.38. The summed E-state index contributed by atoms with van der Waals surface area (Å²) in [6.07, 6.45) is 4.70. The van der Waals surface area contributed by atoms with Crippen LogP contribution in [0.3, 0.4) is 0 Å². The molecule has 0 unspecified atom stereocenters. The van der Waals surface area contributed by atoms with Crippen LogP contribution in [0.1, 0.15) is 24.9 Å². The summed E-state index contributed by atoms with van der Waals surface area (Å²) in [5, 5.41) is 0.987. The maximum atomic E-state index is 6.12. The van der Waals surface area contributed by atoms with Crippen molar-refractivity contribution >= 4 is 11.8 Å². The first-order valence-corrected chi connectivity index (χ1v) is 6.53. The predicted molar refractivity (Wildman–Crippen MR) is 71.0 cm³/mol. The van der Waals surface area contributed by atoms with Crippen molar-refractivity contribution in [1.29, 1.82) is 0 Å². The molecule has 1 atom stereocenters. The molecule has 0 spiro atoms. The Bertz CT molecular complexity index is 493. The van der Waals surface area contributed by atoms with Gasteiger partial charge in [-0.1, -0.05) is 36.9 Å². The summed E-state index contributed by atoms with van der Waals surface area (Å²) in [5.41, 5.74) is 7.32. The van der Waals surface area contributed by atoms with Crippen molar-refractivity contribution in [3.8, 4) is 0 Å². The van der Waals surface area contributed by atoms with E-state index in [1.165, 1.54) is 10.5 Å². The molecule has 2 rings (SSSR count). The molecule has 4 heteroatoms. The third-order valence-corrected chi connectivity index (χ3v) is 3.90. The van der Waals surface area contributed by atoms with Crippen LogP contribution in [0.25, 0.3) is 0 Å². The maximum Gasteiger partial charge on any atom is 0.172 e. The van der Waals surface area contributed by atoms with Crippen molar-refractivity contribution in [2.75, 3.05) is 0 Å². The lowest BCUT2D eigenvalue weighted by Gasteiger charge is -2.14. The van der Waals surface area contributed by atoms with Crippen molar-refractivity contribution in [2.24, 2.45) is 12.8 Å². The van der Waals surface area contributed by atoms with Gasteiger partial charge in [0.1, 0.15) is 0 Å². The van der Waals surface area contributed by atoms with Crippen molar-refractivity contribution in [3.05, 3.63) is 42.2 Å². The van der Waals surface area contributed by atoms with Gasteiger partial charge in [-0.3, -0.25) is 0 Å². The summed E-state index contributed by atoms with van der Waals surface area (Å²) in [6, 6.07) is 8.37. The van der Waals surface area contributed by atoms with E-state index in [0.717, 1.165) is 11.6 Å². The lowest BCUT2D eigenvalue weighted by Crippen LogP contribution is -2.09. The molecule has 0 saturated carbocycles. The van der Waals surface area contributed by atoms with Gasteiger partial charge in [-0.25, -0.2) is 4.98 Å². The number of aromatic nitrogens is 2. The normalized spacial score (nSPS) is 12.6. The number of imidazole rings is 1. The van der Waals surface area contributed by atoms with E-state index in [2.05, 4.69) is 24.0 Å². The Morgan fingerprint density at radius 3 is 2.82 bits per heavy atom. The zero-order chi connectivity index (χ0) is 12.3. The molecule has 90 valence electrons. The average molecular weight is 247 g/mol. The van der Waals surface area contributed by atoms with E-state index < -0.39 is 0 Å². The molecule has 0 aliphatic carbocycles. The molecule has 0 amide bonds. The largest absolute Gasteiger partial charge is 0.329 e. The number of hydrogen-bond acceptors (Lipinski definition) is 3. The van der Waals surface area contributed by atoms with E-state index in [1.54, 1.807) is 11.8 Å².